The SMILES string of the molecule is FC(F)(F)c1cc(-c2ccc(-c3ccc4cc(-c5ccc(-c6ccc7sc8ccccc8c7c6)cc5)cnc4c3)cc2)cc(C(F)(F)F)c1. The number of aromatic nitrogens is 1. The normalized spacial score (nSPS) is 12.3. The Hall–Kier alpha value is -5.47. The number of hydrogen-bond donors (Lipinski definition) is 0. The minimum atomic E-state index is -4.91. The van der Waals surface area contributed by atoms with Gasteiger partial charge in [0, 0.05) is 37.3 Å². The highest BCUT2D eigenvalue weighted by molar-refractivity contribution is 7.25. The van der Waals surface area contributed by atoms with E-state index in [-0.39, 0.29) is 17.2 Å². The number of rotatable bonds is 4. The largest absolute Gasteiger partial charge is 0.416 e. The fourth-order valence-corrected chi connectivity index (χ4v) is 7.28. The van der Waals surface area contributed by atoms with Crippen LogP contribution in [0, 0.1) is 0 Å². The molecule has 1 nitrogen and oxygen atoms in total. The van der Waals surface area contributed by atoms with Crippen LogP contribution in [0.3, 0.4) is 0 Å². The first-order valence-electron chi connectivity index (χ1n) is 15.3. The maximum absolute atomic E-state index is 13.4. The molecule has 0 unspecified atom stereocenters. The Kier molecular flexibility index (Phi) is 7.30. The lowest BCUT2D eigenvalue weighted by Gasteiger charge is -2.14. The first-order valence-corrected chi connectivity index (χ1v) is 16.1. The number of fused-ring (bicyclic) bond motifs is 4. The van der Waals surface area contributed by atoms with Gasteiger partial charge in [-0.3, -0.25) is 4.98 Å². The van der Waals surface area contributed by atoms with E-state index in [0.717, 1.165) is 56.4 Å². The van der Waals surface area contributed by atoms with Crippen molar-refractivity contribution in [2.75, 3.05) is 0 Å². The lowest BCUT2D eigenvalue weighted by molar-refractivity contribution is -0.143. The van der Waals surface area contributed by atoms with Gasteiger partial charge >= 0.3 is 12.4 Å². The van der Waals surface area contributed by atoms with Crippen LogP contribution in [-0.4, -0.2) is 4.98 Å². The van der Waals surface area contributed by atoms with Gasteiger partial charge in [0.05, 0.1) is 16.6 Å². The predicted octanol–water partition coefficient (Wildman–Crippen LogP) is 13.3. The fraction of sp³-hybridized carbons (Fsp3) is 0.0488. The van der Waals surface area contributed by atoms with Crippen LogP contribution in [0.4, 0.5) is 26.3 Å². The van der Waals surface area contributed by atoms with Gasteiger partial charge in [-0.15, -0.1) is 11.3 Å². The van der Waals surface area contributed by atoms with E-state index in [1.807, 2.05) is 24.4 Å². The molecule has 0 aliphatic heterocycles. The topological polar surface area (TPSA) is 12.9 Å². The van der Waals surface area contributed by atoms with Gasteiger partial charge in [0.1, 0.15) is 0 Å². The lowest BCUT2D eigenvalue weighted by atomic mass is 9.96. The van der Waals surface area contributed by atoms with Gasteiger partial charge < -0.3 is 0 Å². The third-order valence-corrected chi connectivity index (χ3v) is 9.90. The van der Waals surface area contributed by atoms with Gasteiger partial charge in [-0.2, -0.15) is 26.3 Å². The molecule has 0 aliphatic carbocycles. The highest BCUT2D eigenvalue weighted by Gasteiger charge is 2.37. The fourth-order valence-electron chi connectivity index (χ4n) is 6.20. The minimum Gasteiger partial charge on any atom is -0.256 e. The molecule has 0 fully saturated rings. The molecule has 2 aromatic heterocycles. The maximum Gasteiger partial charge on any atom is 0.416 e. The minimum absolute atomic E-state index is 0.133. The first-order chi connectivity index (χ1) is 23.5. The molecule has 0 atom stereocenters. The number of benzene rings is 6. The Morgan fingerprint density at radius 3 is 1.55 bits per heavy atom. The summed E-state index contributed by atoms with van der Waals surface area (Å²) in [6.45, 7) is 0. The predicted molar refractivity (Wildman–Crippen MR) is 186 cm³/mol. The summed E-state index contributed by atoms with van der Waals surface area (Å²) in [7, 11) is 0. The second-order valence-corrected chi connectivity index (χ2v) is 13.0. The quantitative estimate of drug-likeness (QED) is 0.169. The lowest BCUT2D eigenvalue weighted by Crippen LogP contribution is -2.11. The molecule has 0 amide bonds. The van der Waals surface area contributed by atoms with E-state index in [1.165, 1.54) is 32.3 Å². The van der Waals surface area contributed by atoms with E-state index < -0.39 is 23.5 Å². The number of pyridine rings is 1. The van der Waals surface area contributed by atoms with Crippen molar-refractivity contribution in [3.8, 4) is 44.5 Å². The summed E-state index contributed by atoms with van der Waals surface area (Å²) in [5.41, 5.74) is 4.00. The summed E-state index contributed by atoms with van der Waals surface area (Å²) in [6.07, 6.45) is -8.00. The molecule has 240 valence electrons. The van der Waals surface area contributed by atoms with E-state index in [1.54, 1.807) is 23.5 Å². The van der Waals surface area contributed by atoms with Crippen molar-refractivity contribution in [2.45, 2.75) is 12.4 Å². The van der Waals surface area contributed by atoms with Gasteiger partial charge in [0.25, 0.3) is 0 Å². The summed E-state index contributed by atoms with van der Waals surface area (Å²) in [5, 5.41) is 3.45. The molecule has 0 saturated heterocycles. The zero-order valence-corrected chi connectivity index (χ0v) is 26.2. The van der Waals surface area contributed by atoms with Crippen molar-refractivity contribution in [3.63, 3.8) is 0 Å². The van der Waals surface area contributed by atoms with Crippen LogP contribution in [0.15, 0.2) is 140 Å². The van der Waals surface area contributed by atoms with Crippen LogP contribution in [0.2, 0.25) is 0 Å². The molecular formula is C41H23F6NS. The second kappa shape index (κ2) is 11.6. The Labute approximate surface area is 280 Å². The van der Waals surface area contributed by atoms with E-state index in [4.69, 9.17) is 4.98 Å². The monoisotopic (exact) mass is 675 g/mol. The zero-order valence-electron chi connectivity index (χ0n) is 25.4. The van der Waals surface area contributed by atoms with Crippen LogP contribution in [0.1, 0.15) is 11.1 Å². The zero-order chi connectivity index (χ0) is 33.9. The highest BCUT2D eigenvalue weighted by atomic mass is 32.1. The Bertz CT molecular complexity index is 2480. The number of alkyl halides is 6. The van der Waals surface area contributed by atoms with E-state index in [9.17, 15) is 26.3 Å². The third kappa shape index (κ3) is 5.93. The number of thiophene rings is 1. The summed E-state index contributed by atoms with van der Waals surface area (Å²) in [6, 6.07) is 39.3. The summed E-state index contributed by atoms with van der Waals surface area (Å²) in [4.78, 5) is 4.70. The van der Waals surface area contributed by atoms with E-state index in [0.29, 0.717) is 0 Å². The smallest absolute Gasteiger partial charge is 0.256 e. The summed E-state index contributed by atoms with van der Waals surface area (Å²) in [5.74, 6) is 0. The van der Waals surface area contributed by atoms with E-state index in [2.05, 4.69) is 72.8 Å². The van der Waals surface area contributed by atoms with Crippen LogP contribution in [-0.2, 0) is 12.4 Å². The molecule has 8 rings (SSSR count). The number of nitrogens with zero attached hydrogens (tertiary/aromatic N) is 1. The molecule has 6 aromatic carbocycles. The van der Waals surface area contributed by atoms with Crippen molar-refractivity contribution < 1.29 is 26.3 Å². The van der Waals surface area contributed by atoms with Gasteiger partial charge in [0.15, 0.2) is 0 Å². The standard InChI is InChI=1S/C41H23F6NS/c42-40(43,44)33-18-31(19-34(22-33)41(45,46)47)26-9-5-25(6-10-26)29-13-14-30-17-32(23-48-37(30)21-29)27-11-7-24(8-12-27)28-15-16-39-36(20-28)35-3-1-2-4-38(35)49-39/h1-23H. The second-order valence-electron chi connectivity index (χ2n) is 11.9. The molecule has 49 heavy (non-hydrogen) atoms. The molecule has 0 N–H and O–H groups in total. The van der Waals surface area contributed by atoms with Crippen molar-refractivity contribution in [2.24, 2.45) is 0 Å². The van der Waals surface area contributed by atoms with Gasteiger partial charge in [-0.1, -0.05) is 84.9 Å². The highest BCUT2D eigenvalue weighted by Crippen LogP contribution is 2.40. The van der Waals surface area contributed by atoms with Crippen molar-refractivity contribution in [3.05, 3.63) is 151 Å². The number of halogens is 6. The molecule has 8 aromatic rings. The van der Waals surface area contributed by atoms with Crippen LogP contribution < -0.4 is 0 Å². The average molecular weight is 676 g/mol. The third-order valence-electron chi connectivity index (χ3n) is 8.75. The maximum atomic E-state index is 13.4. The van der Waals surface area contributed by atoms with Crippen molar-refractivity contribution in [1.29, 1.82) is 0 Å². The molecule has 8 heteroatoms. The first kappa shape index (κ1) is 30.8. The van der Waals surface area contributed by atoms with Crippen molar-refractivity contribution >= 4 is 42.4 Å². The molecule has 0 spiro atoms. The molecule has 2 heterocycles. The Morgan fingerprint density at radius 2 is 0.918 bits per heavy atom. The molecular weight excluding hydrogens is 653 g/mol. The van der Waals surface area contributed by atoms with Gasteiger partial charge in [-0.05, 0) is 87.5 Å². The average Bonchev–Trinajstić information content (AvgIpc) is 3.48. The Balaban J connectivity index is 1.04. The van der Waals surface area contributed by atoms with Crippen LogP contribution in [0.25, 0.3) is 75.6 Å². The van der Waals surface area contributed by atoms with Crippen LogP contribution >= 0.6 is 11.3 Å². The van der Waals surface area contributed by atoms with Crippen molar-refractivity contribution in [1.82, 2.24) is 4.98 Å². The summed E-state index contributed by atoms with van der Waals surface area (Å²) >= 11 is 1.80. The van der Waals surface area contributed by atoms with Gasteiger partial charge in [-0.25, -0.2) is 0 Å². The van der Waals surface area contributed by atoms with Crippen LogP contribution in [0.5, 0.6) is 0 Å². The molecule has 0 aliphatic rings. The van der Waals surface area contributed by atoms with Gasteiger partial charge in [0.2, 0.25) is 0 Å². The Morgan fingerprint density at radius 1 is 0.408 bits per heavy atom. The molecule has 0 saturated carbocycles. The molecule has 0 radical (unpaired) electrons. The molecule has 0 bridgehead atoms. The van der Waals surface area contributed by atoms with E-state index >= 15 is 0 Å². The summed E-state index contributed by atoms with van der Waals surface area (Å²) < 4.78 is 82.7. The number of hydrogen-bond acceptors (Lipinski definition) is 2.